The monoisotopic (exact) mass is 335 g/mol. The van der Waals surface area contributed by atoms with Gasteiger partial charge in [-0.3, -0.25) is 0 Å². The van der Waals surface area contributed by atoms with Crippen LogP contribution in [0.15, 0.2) is 46.9 Å². The van der Waals surface area contributed by atoms with Gasteiger partial charge >= 0.3 is 0 Å². The summed E-state index contributed by atoms with van der Waals surface area (Å²) < 4.78 is 12.1. The lowest BCUT2D eigenvalue weighted by Crippen LogP contribution is -2.04. The summed E-state index contributed by atoms with van der Waals surface area (Å²) in [6.45, 7) is 1.17. The standard InChI is InChI=1S/C16H18BrNO2/c1-19-11-12-3-2-4-15(9-12)20-16-10-14(17)6-5-13(16)7-8-18/h2-6,9-10H,7-8,11,18H2,1H3. The van der Waals surface area contributed by atoms with Gasteiger partial charge in [-0.05, 0) is 48.4 Å². The second-order valence-corrected chi connectivity index (χ2v) is 5.39. The van der Waals surface area contributed by atoms with Crippen LogP contribution in [-0.2, 0) is 17.8 Å². The molecule has 0 bridgehead atoms. The van der Waals surface area contributed by atoms with Crippen LogP contribution in [0.3, 0.4) is 0 Å². The topological polar surface area (TPSA) is 44.5 Å². The molecule has 2 rings (SSSR count). The Balaban J connectivity index is 2.24. The third-order valence-electron chi connectivity index (χ3n) is 2.88. The molecule has 0 fully saturated rings. The van der Waals surface area contributed by atoms with Crippen LogP contribution in [0.2, 0.25) is 0 Å². The molecule has 0 spiro atoms. The lowest BCUT2D eigenvalue weighted by molar-refractivity contribution is 0.184. The van der Waals surface area contributed by atoms with Crippen LogP contribution in [0.5, 0.6) is 11.5 Å². The van der Waals surface area contributed by atoms with Crippen molar-refractivity contribution in [3.63, 3.8) is 0 Å². The molecule has 0 aliphatic rings. The molecule has 4 heteroatoms. The molecule has 0 saturated heterocycles. The van der Waals surface area contributed by atoms with Crippen molar-refractivity contribution in [2.24, 2.45) is 5.73 Å². The normalized spacial score (nSPS) is 10.6. The van der Waals surface area contributed by atoms with Gasteiger partial charge < -0.3 is 15.2 Å². The van der Waals surface area contributed by atoms with Gasteiger partial charge in [-0.15, -0.1) is 0 Å². The van der Waals surface area contributed by atoms with Crippen LogP contribution in [0.1, 0.15) is 11.1 Å². The molecule has 0 aliphatic carbocycles. The number of methoxy groups -OCH3 is 1. The van der Waals surface area contributed by atoms with Gasteiger partial charge in [-0.25, -0.2) is 0 Å². The second kappa shape index (κ2) is 7.43. The number of ether oxygens (including phenoxy) is 2. The molecule has 0 unspecified atom stereocenters. The van der Waals surface area contributed by atoms with E-state index in [1.165, 1.54) is 0 Å². The lowest BCUT2D eigenvalue weighted by Gasteiger charge is -2.12. The summed E-state index contributed by atoms with van der Waals surface area (Å²) in [4.78, 5) is 0. The highest BCUT2D eigenvalue weighted by atomic mass is 79.9. The molecule has 0 heterocycles. The molecule has 20 heavy (non-hydrogen) atoms. The summed E-state index contributed by atoms with van der Waals surface area (Å²) in [6.07, 6.45) is 0.792. The fraction of sp³-hybridized carbons (Fsp3) is 0.250. The molecule has 0 saturated carbocycles. The zero-order chi connectivity index (χ0) is 14.4. The first-order chi connectivity index (χ1) is 9.72. The summed E-state index contributed by atoms with van der Waals surface area (Å²) in [5.41, 5.74) is 7.83. The summed E-state index contributed by atoms with van der Waals surface area (Å²) >= 11 is 3.47. The Bertz CT molecular complexity index is 572. The van der Waals surface area contributed by atoms with Crippen molar-refractivity contribution < 1.29 is 9.47 Å². The van der Waals surface area contributed by atoms with Gasteiger partial charge in [0.05, 0.1) is 6.61 Å². The Labute approximate surface area is 127 Å². The molecule has 106 valence electrons. The molecule has 0 radical (unpaired) electrons. The minimum absolute atomic E-state index is 0.575. The average Bonchev–Trinajstić information content (AvgIpc) is 2.43. The van der Waals surface area contributed by atoms with Crippen molar-refractivity contribution in [3.05, 3.63) is 58.1 Å². The second-order valence-electron chi connectivity index (χ2n) is 4.47. The SMILES string of the molecule is COCc1cccc(Oc2cc(Br)ccc2CCN)c1. The van der Waals surface area contributed by atoms with Crippen LogP contribution < -0.4 is 10.5 Å². The Hall–Kier alpha value is -1.36. The number of halogens is 1. The van der Waals surface area contributed by atoms with Crippen LogP contribution in [-0.4, -0.2) is 13.7 Å². The van der Waals surface area contributed by atoms with E-state index >= 15 is 0 Å². The maximum Gasteiger partial charge on any atom is 0.131 e. The molecule has 0 aliphatic heterocycles. The molecule has 0 amide bonds. The van der Waals surface area contributed by atoms with Crippen molar-refractivity contribution in [1.82, 2.24) is 0 Å². The van der Waals surface area contributed by atoms with E-state index in [0.717, 1.165) is 33.5 Å². The van der Waals surface area contributed by atoms with E-state index in [1.54, 1.807) is 7.11 Å². The van der Waals surface area contributed by atoms with E-state index in [1.807, 2.05) is 42.5 Å². The maximum atomic E-state index is 5.99. The number of hydrogen-bond donors (Lipinski definition) is 1. The van der Waals surface area contributed by atoms with Crippen molar-refractivity contribution in [3.8, 4) is 11.5 Å². The highest BCUT2D eigenvalue weighted by molar-refractivity contribution is 9.10. The van der Waals surface area contributed by atoms with Gasteiger partial charge in [-0.2, -0.15) is 0 Å². The van der Waals surface area contributed by atoms with E-state index in [4.69, 9.17) is 15.2 Å². The van der Waals surface area contributed by atoms with Gasteiger partial charge in [0.2, 0.25) is 0 Å². The average molecular weight is 336 g/mol. The zero-order valence-electron chi connectivity index (χ0n) is 11.4. The van der Waals surface area contributed by atoms with Gasteiger partial charge in [0.1, 0.15) is 11.5 Å². The first-order valence-corrected chi connectivity index (χ1v) is 7.26. The largest absolute Gasteiger partial charge is 0.457 e. The van der Waals surface area contributed by atoms with Crippen molar-refractivity contribution in [2.75, 3.05) is 13.7 Å². The number of hydrogen-bond acceptors (Lipinski definition) is 3. The minimum Gasteiger partial charge on any atom is -0.457 e. The third kappa shape index (κ3) is 4.07. The lowest BCUT2D eigenvalue weighted by atomic mass is 10.1. The molecule has 2 aromatic carbocycles. The Kier molecular flexibility index (Phi) is 5.59. The summed E-state index contributed by atoms with van der Waals surface area (Å²) in [7, 11) is 1.68. The zero-order valence-corrected chi connectivity index (χ0v) is 13.0. The molecule has 2 N–H and O–H groups in total. The molecule has 0 atom stereocenters. The van der Waals surface area contributed by atoms with E-state index < -0.39 is 0 Å². The Morgan fingerprint density at radius 2 is 2.00 bits per heavy atom. The van der Waals surface area contributed by atoms with Crippen LogP contribution in [0.25, 0.3) is 0 Å². The number of rotatable bonds is 6. The molecule has 3 nitrogen and oxygen atoms in total. The fourth-order valence-electron chi connectivity index (χ4n) is 1.98. The molecular weight excluding hydrogens is 318 g/mol. The highest BCUT2D eigenvalue weighted by Gasteiger charge is 2.06. The van der Waals surface area contributed by atoms with E-state index in [-0.39, 0.29) is 0 Å². The predicted octanol–water partition coefficient (Wildman–Crippen LogP) is 3.89. The number of benzene rings is 2. The van der Waals surface area contributed by atoms with Crippen molar-refractivity contribution in [2.45, 2.75) is 13.0 Å². The quantitative estimate of drug-likeness (QED) is 0.870. The Morgan fingerprint density at radius 1 is 1.15 bits per heavy atom. The number of nitrogens with two attached hydrogens (primary N) is 1. The predicted molar refractivity (Wildman–Crippen MR) is 84.1 cm³/mol. The minimum atomic E-state index is 0.575. The van der Waals surface area contributed by atoms with Gasteiger partial charge in [-0.1, -0.05) is 34.1 Å². The van der Waals surface area contributed by atoms with Gasteiger partial charge in [0.25, 0.3) is 0 Å². The first-order valence-electron chi connectivity index (χ1n) is 6.47. The van der Waals surface area contributed by atoms with Crippen molar-refractivity contribution >= 4 is 15.9 Å². The highest BCUT2D eigenvalue weighted by Crippen LogP contribution is 2.29. The summed E-state index contributed by atoms with van der Waals surface area (Å²) in [5.74, 6) is 1.63. The molecule has 2 aromatic rings. The maximum absolute atomic E-state index is 5.99. The summed E-state index contributed by atoms with van der Waals surface area (Å²) in [5, 5.41) is 0. The van der Waals surface area contributed by atoms with E-state index in [2.05, 4.69) is 15.9 Å². The van der Waals surface area contributed by atoms with Crippen LogP contribution in [0, 0.1) is 0 Å². The van der Waals surface area contributed by atoms with Gasteiger partial charge in [0, 0.05) is 11.6 Å². The van der Waals surface area contributed by atoms with Crippen molar-refractivity contribution in [1.29, 1.82) is 0 Å². The third-order valence-corrected chi connectivity index (χ3v) is 3.37. The van der Waals surface area contributed by atoms with Crippen LogP contribution in [0.4, 0.5) is 0 Å². The van der Waals surface area contributed by atoms with E-state index in [0.29, 0.717) is 13.2 Å². The van der Waals surface area contributed by atoms with Crippen LogP contribution >= 0.6 is 15.9 Å². The van der Waals surface area contributed by atoms with Gasteiger partial charge in [0.15, 0.2) is 0 Å². The molecular formula is C16H18BrNO2. The fourth-order valence-corrected chi connectivity index (χ4v) is 2.32. The first kappa shape index (κ1) is 15.0. The Morgan fingerprint density at radius 3 is 2.75 bits per heavy atom. The summed E-state index contributed by atoms with van der Waals surface area (Å²) in [6, 6.07) is 13.9. The smallest absolute Gasteiger partial charge is 0.131 e. The molecule has 0 aromatic heterocycles. The van der Waals surface area contributed by atoms with E-state index in [9.17, 15) is 0 Å².